The highest BCUT2D eigenvalue weighted by molar-refractivity contribution is 5.79. The Hall–Kier alpha value is -2.47. The van der Waals surface area contributed by atoms with Crippen LogP contribution in [0.4, 0.5) is 0 Å². The molecule has 1 aromatic heterocycles. The van der Waals surface area contributed by atoms with Crippen LogP contribution in [0.5, 0.6) is 5.75 Å². The number of aliphatic imine (C=N–C) groups is 1. The molecule has 1 saturated carbocycles. The summed E-state index contributed by atoms with van der Waals surface area (Å²) in [6.45, 7) is 3.26. The van der Waals surface area contributed by atoms with Crippen LogP contribution in [-0.4, -0.2) is 46.4 Å². The number of methoxy groups -OCH3 is 2. The van der Waals surface area contributed by atoms with E-state index in [1.807, 2.05) is 24.3 Å². The molecule has 6 nitrogen and oxygen atoms in total. The minimum Gasteiger partial charge on any atom is -0.497 e. The van der Waals surface area contributed by atoms with Crippen molar-refractivity contribution in [1.29, 1.82) is 0 Å². The number of hydrogen-bond donors (Lipinski definition) is 2. The van der Waals surface area contributed by atoms with Gasteiger partial charge in [-0.15, -0.1) is 0 Å². The van der Waals surface area contributed by atoms with Crippen LogP contribution in [-0.2, 0) is 17.6 Å². The summed E-state index contributed by atoms with van der Waals surface area (Å²) < 4.78 is 15.9. The van der Waals surface area contributed by atoms with Crippen molar-refractivity contribution >= 4 is 5.96 Å². The molecule has 1 fully saturated rings. The second-order valence-electron chi connectivity index (χ2n) is 7.69. The summed E-state index contributed by atoms with van der Waals surface area (Å²) >= 11 is 0. The number of nitrogens with zero attached hydrogens (tertiary/aromatic N) is 1. The lowest BCUT2D eigenvalue weighted by atomic mass is 10.0. The molecule has 2 N–H and O–H groups in total. The van der Waals surface area contributed by atoms with E-state index < -0.39 is 0 Å². The second-order valence-corrected chi connectivity index (χ2v) is 7.69. The van der Waals surface area contributed by atoms with Gasteiger partial charge in [0.1, 0.15) is 11.5 Å². The van der Waals surface area contributed by atoms with Crippen molar-refractivity contribution in [1.82, 2.24) is 10.6 Å². The number of hydrogen-bond acceptors (Lipinski definition) is 4. The molecule has 2 aromatic rings. The van der Waals surface area contributed by atoms with Crippen LogP contribution in [0, 0.1) is 5.41 Å². The molecule has 1 aliphatic rings. The van der Waals surface area contributed by atoms with Gasteiger partial charge in [-0.1, -0.05) is 12.1 Å². The summed E-state index contributed by atoms with van der Waals surface area (Å²) in [5.74, 6) is 2.73. The molecule has 0 unspecified atom stereocenters. The zero-order chi connectivity index (χ0) is 20.4. The molecule has 0 saturated heterocycles. The molecular formula is C23H33N3O3. The molecule has 3 rings (SSSR count). The molecule has 0 atom stereocenters. The molecule has 1 aliphatic carbocycles. The van der Waals surface area contributed by atoms with Gasteiger partial charge < -0.3 is 24.5 Å². The molecule has 6 heteroatoms. The van der Waals surface area contributed by atoms with Gasteiger partial charge in [0.05, 0.1) is 13.4 Å². The number of benzene rings is 1. The van der Waals surface area contributed by atoms with Crippen LogP contribution in [0.1, 0.15) is 30.6 Å². The van der Waals surface area contributed by atoms with E-state index in [2.05, 4.69) is 22.8 Å². The van der Waals surface area contributed by atoms with Crippen LogP contribution in [0.15, 0.2) is 52.1 Å². The van der Waals surface area contributed by atoms with Gasteiger partial charge in [-0.25, -0.2) is 0 Å². The van der Waals surface area contributed by atoms with E-state index in [0.717, 1.165) is 63.0 Å². The summed E-state index contributed by atoms with van der Waals surface area (Å²) in [4.78, 5) is 4.88. The van der Waals surface area contributed by atoms with Crippen molar-refractivity contribution in [3.05, 3.63) is 54.0 Å². The first-order chi connectivity index (χ1) is 14.2. The van der Waals surface area contributed by atoms with E-state index in [4.69, 9.17) is 18.9 Å². The lowest BCUT2D eigenvalue weighted by molar-refractivity contribution is 0.174. The molecule has 1 heterocycles. The predicted octanol–water partition coefficient (Wildman–Crippen LogP) is 3.43. The van der Waals surface area contributed by atoms with Gasteiger partial charge in [-0.3, -0.25) is 4.99 Å². The molecule has 158 valence electrons. The molecule has 0 aliphatic heterocycles. The third-order valence-corrected chi connectivity index (χ3v) is 5.48. The maximum atomic E-state index is 5.42. The Morgan fingerprint density at radius 3 is 2.45 bits per heavy atom. The van der Waals surface area contributed by atoms with E-state index in [1.165, 1.54) is 18.4 Å². The van der Waals surface area contributed by atoms with Gasteiger partial charge >= 0.3 is 0 Å². The SMILES string of the molecule is COCCC1(CN=C(NCCc2ccc(OC)cc2)NCCc2ccco2)CC1. The molecule has 29 heavy (non-hydrogen) atoms. The zero-order valence-electron chi connectivity index (χ0n) is 17.6. The molecule has 0 spiro atoms. The molecule has 1 aromatic carbocycles. The van der Waals surface area contributed by atoms with E-state index in [9.17, 15) is 0 Å². The summed E-state index contributed by atoms with van der Waals surface area (Å²) in [5.41, 5.74) is 1.61. The van der Waals surface area contributed by atoms with Gasteiger partial charge in [-0.2, -0.15) is 0 Å². The summed E-state index contributed by atoms with van der Waals surface area (Å²) in [5, 5.41) is 6.93. The van der Waals surface area contributed by atoms with Crippen molar-refractivity contribution in [2.24, 2.45) is 10.4 Å². The first-order valence-electron chi connectivity index (χ1n) is 10.4. The molecule has 0 radical (unpaired) electrons. The van der Waals surface area contributed by atoms with Crippen LogP contribution < -0.4 is 15.4 Å². The van der Waals surface area contributed by atoms with E-state index >= 15 is 0 Å². The van der Waals surface area contributed by atoms with Crippen LogP contribution in [0.25, 0.3) is 0 Å². The Morgan fingerprint density at radius 1 is 1.07 bits per heavy atom. The third-order valence-electron chi connectivity index (χ3n) is 5.48. The minimum absolute atomic E-state index is 0.335. The number of ether oxygens (including phenoxy) is 2. The highest BCUT2D eigenvalue weighted by Crippen LogP contribution is 2.48. The monoisotopic (exact) mass is 399 g/mol. The fourth-order valence-corrected chi connectivity index (χ4v) is 3.28. The van der Waals surface area contributed by atoms with Gasteiger partial charge in [0, 0.05) is 39.8 Å². The first kappa shape index (κ1) is 21.2. The average molecular weight is 400 g/mol. The van der Waals surface area contributed by atoms with Crippen molar-refractivity contribution in [3.8, 4) is 5.75 Å². The lowest BCUT2D eigenvalue weighted by Crippen LogP contribution is -2.40. The largest absolute Gasteiger partial charge is 0.497 e. The quantitative estimate of drug-likeness (QED) is 0.423. The van der Waals surface area contributed by atoms with Crippen molar-refractivity contribution < 1.29 is 13.9 Å². The summed E-state index contributed by atoms with van der Waals surface area (Å²) in [6, 6.07) is 12.1. The van der Waals surface area contributed by atoms with Gasteiger partial charge in [0.15, 0.2) is 5.96 Å². The number of nitrogens with one attached hydrogen (secondary N) is 2. The Morgan fingerprint density at radius 2 is 1.83 bits per heavy atom. The average Bonchev–Trinajstić information content (AvgIpc) is 3.33. The highest BCUT2D eigenvalue weighted by Gasteiger charge is 2.41. The Kier molecular flexibility index (Phi) is 7.99. The van der Waals surface area contributed by atoms with Crippen molar-refractivity contribution in [3.63, 3.8) is 0 Å². The molecular weight excluding hydrogens is 366 g/mol. The van der Waals surface area contributed by atoms with Gasteiger partial charge in [-0.05, 0) is 60.9 Å². The van der Waals surface area contributed by atoms with Crippen LogP contribution >= 0.6 is 0 Å². The number of guanidine groups is 1. The second kappa shape index (κ2) is 10.9. The van der Waals surface area contributed by atoms with Crippen LogP contribution in [0.3, 0.4) is 0 Å². The smallest absolute Gasteiger partial charge is 0.191 e. The van der Waals surface area contributed by atoms with E-state index in [1.54, 1.807) is 20.5 Å². The van der Waals surface area contributed by atoms with Gasteiger partial charge in [0.25, 0.3) is 0 Å². The molecule has 0 amide bonds. The van der Waals surface area contributed by atoms with E-state index in [0.29, 0.717) is 5.41 Å². The van der Waals surface area contributed by atoms with Crippen molar-refractivity contribution in [2.75, 3.05) is 40.5 Å². The first-order valence-corrected chi connectivity index (χ1v) is 10.4. The standard InChI is InChI=1S/C23H33N3O3/c1-27-17-13-23(11-12-23)18-26-22(25-15-10-21-4-3-16-29-21)24-14-9-19-5-7-20(28-2)8-6-19/h3-8,16H,9-15,17-18H2,1-2H3,(H2,24,25,26). The summed E-state index contributed by atoms with van der Waals surface area (Å²) in [6.07, 6.45) is 7.04. The van der Waals surface area contributed by atoms with Crippen LogP contribution in [0.2, 0.25) is 0 Å². The fraction of sp³-hybridized carbons (Fsp3) is 0.522. The maximum Gasteiger partial charge on any atom is 0.191 e. The lowest BCUT2D eigenvalue weighted by Gasteiger charge is -2.16. The molecule has 0 bridgehead atoms. The minimum atomic E-state index is 0.335. The maximum absolute atomic E-state index is 5.42. The topological polar surface area (TPSA) is 68.0 Å². The van der Waals surface area contributed by atoms with Crippen molar-refractivity contribution in [2.45, 2.75) is 32.1 Å². The predicted molar refractivity (Wildman–Crippen MR) is 116 cm³/mol. The Balaban J connectivity index is 1.50. The summed E-state index contributed by atoms with van der Waals surface area (Å²) in [7, 11) is 3.45. The number of furan rings is 1. The zero-order valence-corrected chi connectivity index (χ0v) is 17.6. The van der Waals surface area contributed by atoms with Gasteiger partial charge in [0.2, 0.25) is 0 Å². The van der Waals surface area contributed by atoms with E-state index in [-0.39, 0.29) is 0 Å². The third kappa shape index (κ3) is 7.13. The fourth-order valence-electron chi connectivity index (χ4n) is 3.28. The Bertz CT molecular complexity index is 737. The Labute approximate surface area is 173 Å². The number of rotatable bonds is 12. The highest BCUT2D eigenvalue weighted by atomic mass is 16.5. The normalized spacial score (nSPS) is 15.2.